The van der Waals surface area contributed by atoms with Crippen LogP contribution in [0.2, 0.25) is 5.02 Å². The monoisotopic (exact) mass is 342 g/mol. The zero-order valence-corrected chi connectivity index (χ0v) is 14.6. The summed E-state index contributed by atoms with van der Waals surface area (Å²) in [6, 6.07) is 8.09. The molecular formula is C19H23ClN4. The number of fused-ring (bicyclic) bond motifs is 1. The first-order valence-corrected chi connectivity index (χ1v) is 9.18. The van der Waals surface area contributed by atoms with Crippen molar-refractivity contribution in [2.24, 2.45) is 0 Å². The molecule has 3 heterocycles. The fraction of sp³-hybridized carbons (Fsp3) is 0.474. The van der Waals surface area contributed by atoms with Gasteiger partial charge < -0.3 is 5.32 Å². The molecule has 0 bridgehead atoms. The average molecular weight is 343 g/mol. The van der Waals surface area contributed by atoms with Gasteiger partial charge in [-0.3, -0.25) is 4.90 Å². The summed E-state index contributed by atoms with van der Waals surface area (Å²) in [7, 11) is 0. The molecule has 2 aliphatic rings. The Labute approximate surface area is 148 Å². The molecule has 0 unspecified atom stereocenters. The van der Waals surface area contributed by atoms with Gasteiger partial charge in [0, 0.05) is 61.0 Å². The summed E-state index contributed by atoms with van der Waals surface area (Å²) in [5.41, 5.74) is 3.69. The SMILES string of the molecule is Clc1ccccc1CN1CCc2nc([C@@H]3CCCNC3)ncc2C1. The van der Waals surface area contributed by atoms with Crippen molar-refractivity contribution in [2.75, 3.05) is 19.6 Å². The van der Waals surface area contributed by atoms with Gasteiger partial charge in [-0.1, -0.05) is 29.8 Å². The standard InChI is InChI=1S/C19H23ClN4/c20-17-6-2-1-4-15(17)12-24-9-7-18-16(13-24)11-22-19(23-18)14-5-3-8-21-10-14/h1-2,4,6,11,14,21H,3,5,7-10,12-13H2/t14-/m1/s1. The normalized spacial score (nSPS) is 21.5. The van der Waals surface area contributed by atoms with Crippen LogP contribution in [0.3, 0.4) is 0 Å². The minimum Gasteiger partial charge on any atom is -0.316 e. The second kappa shape index (κ2) is 7.18. The summed E-state index contributed by atoms with van der Waals surface area (Å²) in [6.45, 7) is 4.95. The molecule has 1 N–H and O–H groups in total. The Kier molecular flexibility index (Phi) is 4.79. The molecule has 0 radical (unpaired) electrons. The number of hydrogen-bond donors (Lipinski definition) is 1. The first-order valence-electron chi connectivity index (χ1n) is 8.81. The number of aromatic nitrogens is 2. The number of nitrogens with zero attached hydrogens (tertiary/aromatic N) is 3. The summed E-state index contributed by atoms with van der Waals surface area (Å²) >= 11 is 6.29. The quantitative estimate of drug-likeness (QED) is 0.930. The zero-order valence-electron chi connectivity index (χ0n) is 13.8. The number of piperidine rings is 1. The number of hydrogen-bond acceptors (Lipinski definition) is 4. The smallest absolute Gasteiger partial charge is 0.132 e. The average Bonchev–Trinajstić information content (AvgIpc) is 2.64. The van der Waals surface area contributed by atoms with E-state index in [4.69, 9.17) is 16.6 Å². The summed E-state index contributed by atoms with van der Waals surface area (Å²) in [5.74, 6) is 1.51. The molecule has 126 valence electrons. The largest absolute Gasteiger partial charge is 0.316 e. The van der Waals surface area contributed by atoms with Crippen LogP contribution in [0, 0.1) is 0 Å². The minimum absolute atomic E-state index is 0.477. The highest BCUT2D eigenvalue weighted by atomic mass is 35.5. The Morgan fingerprint density at radius 2 is 2.21 bits per heavy atom. The molecule has 0 saturated carbocycles. The zero-order chi connectivity index (χ0) is 16.4. The molecule has 1 fully saturated rings. The van der Waals surface area contributed by atoms with E-state index in [0.29, 0.717) is 5.92 Å². The topological polar surface area (TPSA) is 41.1 Å². The predicted molar refractivity (Wildman–Crippen MR) is 96.1 cm³/mol. The highest BCUT2D eigenvalue weighted by molar-refractivity contribution is 6.31. The van der Waals surface area contributed by atoms with Gasteiger partial charge in [0.15, 0.2) is 0 Å². The van der Waals surface area contributed by atoms with Crippen LogP contribution in [-0.4, -0.2) is 34.5 Å². The Morgan fingerprint density at radius 3 is 3.04 bits per heavy atom. The van der Waals surface area contributed by atoms with Crippen molar-refractivity contribution in [3.05, 3.63) is 58.1 Å². The Hall–Kier alpha value is -1.49. The fourth-order valence-electron chi connectivity index (χ4n) is 3.66. The van der Waals surface area contributed by atoms with Gasteiger partial charge in [0.2, 0.25) is 0 Å². The molecule has 2 aliphatic heterocycles. The molecular weight excluding hydrogens is 320 g/mol. The molecule has 1 saturated heterocycles. The third kappa shape index (κ3) is 3.46. The third-order valence-electron chi connectivity index (χ3n) is 5.05. The molecule has 5 heteroatoms. The van der Waals surface area contributed by atoms with E-state index in [1.54, 1.807) is 0 Å². The van der Waals surface area contributed by atoms with Gasteiger partial charge >= 0.3 is 0 Å². The predicted octanol–water partition coefficient (Wildman–Crippen LogP) is 3.16. The summed E-state index contributed by atoms with van der Waals surface area (Å²) in [5, 5.41) is 4.30. The van der Waals surface area contributed by atoms with E-state index >= 15 is 0 Å². The maximum Gasteiger partial charge on any atom is 0.132 e. The molecule has 1 aromatic carbocycles. The Balaban J connectivity index is 1.46. The van der Waals surface area contributed by atoms with Crippen molar-refractivity contribution >= 4 is 11.6 Å². The van der Waals surface area contributed by atoms with E-state index in [0.717, 1.165) is 50.0 Å². The first-order chi connectivity index (χ1) is 11.8. The maximum atomic E-state index is 6.29. The van der Waals surface area contributed by atoms with Crippen LogP contribution in [0.25, 0.3) is 0 Å². The van der Waals surface area contributed by atoms with Crippen LogP contribution in [-0.2, 0) is 19.5 Å². The van der Waals surface area contributed by atoms with Gasteiger partial charge in [0.25, 0.3) is 0 Å². The number of nitrogens with one attached hydrogen (secondary N) is 1. The summed E-state index contributed by atoms with van der Waals surface area (Å²) in [6.07, 6.45) is 5.46. The minimum atomic E-state index is 0.477. The Bertz CT molecular complexity index is 712. The van der Waals surface area contributed by atoms with Crippen molar-refractivity contribution in [1.82, 2.24) is 20.2 Å². The molecule has 0 spiro atoms. The molecule has 4 nitrogen and oxygen atoms in total. The maximum absolute atomic E-state index is 6.29. The highest BCUT2D eigenvalue weighted by Crippen LogP contribution is 2.25. The number of benzene rings is 1. The van der Waals surface area contributed by atoms with E-state index in [-0.39, 0.29) is 0 Å². The summed E-state index contributed by atoms with van der Waals surface area (Å²) < 4.78 is 0. The van der Waals surface area contributed by atoms with Crippen LogP contribution in [0.4, 0.5) is 0 Å². The lowest BCUT2D eigenvalue weighted by Gasteiger charge is -2.29. The lowest BCUT2D eigenvalue weighted by molar-refractivity contribution is 0.242. The molecule has 24 heavy (non-hydrogen) atoms. The third-order valence-corrected chi connectivity index (χ3v) is 5.41. The lowest BCUT2D eigenvalue weighted by Crippen LogP contribution is -2.33. The second-order valence-electron chi connectivity index (χ2n) is 6.80. The van der Waals surface area contributed by atoms with E-state index in [1.807, 2.05) is 24.4 Å². The van der Waals surface area contributed by atoms with E-state index in [1.165, 1.54) is 29.7 Å². The van der Waals surface area contributed by atoms with E-state index in [9.17, 15) is 0 Å². The van der Waals surface area contributed by atoms with Crippen LogP contribution in [0.1, 0.15) is 41.4 Å². The van der Waals surface area contributed by atoms with Crippen LogP contribution >= 0.6 is 11.6 Å². The van der Waals surface area contributed by atoms with Gasteiger partial charge in [-0.2, -0.15) is 0 Å². The van der Waals surface area contributed by atoms with Gasteiger partial charge in [0.1, 0.15) is 5.82 Å². The molecule has 0 aliphatic carbocycles. The molecule has 0 amide bonds. The van der Waals surface area contributed by atoms with E-state index in [2.05, 4.69) is 21.3 Å². The highest BCUT2D eigenvalue weighted by Gasteiger charge is 2.22. The second-order valence-corrected chi connectivity index (χ2v) is 7.20. The van der Waals surface area contributed by atoms with Gasteiger partial charge in [-0.15, -0.1) is 0 Å². The molecule has 2 aromatic rings. The summed E-state index contributed by atoms with van der Waals surface area (Å²) in [4.78, 5) is 12.0. The fourth-order valence-corrected chi connectivity index (χ4v) is 3.86. The van der Waals surface area contributed by atoms with Crippen molar-refractivity contribution in [2.45, 2.75) is 38.3 Å². The number of rotatable bonds is 3. The van der Waals surface area contributed by atoms with Crippen molar-refractivity contribution in [3.63, 3.8) is 0 Å². The van der Waals surface area contributed by atoms with Crippen molar-refractivity contribution in [1.29, 1.82) is 0 Å². The van der Waals surface area contributed by atoms with Gasteiger partial charge in [0.05, 0.1) is 0 Å². The lowest BCUT2D eigenvalue weighted by atomic mass is 9.98. The van der Waals surface area contributed by atoms with Crippen LogP contribution in [0.5, 0.6) is 0 Å². The Morgan fingerprint density at radius 1 is 1.29 bits per heavy atom. The van der Waals surface area contributed by atoms with Crippen LogP contribution in [0.15, 0.2) is 30.5 Å². The van der Waals surface area contributed by atoms with Crippen LogP contribution < -0.4 is 5.32 Å². The van der Waals surface area contributed by atoms with E-state index < -0.39 is 0 Å². The van der Waals surface area contributed by atoms with Gasteiger partial charge in [-0.25, -0.2) is 9.97 Å². The molecule has 1 aromatic heterocycles. The van der Waals surface area contributed by atoms with Crippen molar-refractivity contribution in [3.8, 4) is 0 Å². The molecule has 1 atom stereocenters. The van der Waals surface area contributed by atoms with Crippen molar-refractivity contribution < 1.29 is 0 Å². The number of halogens is 1. The molecule has 4 rings (SSSR count). The first kappa shape index (κ1) is 16.0. The van der Waals surface area contributed by atoms with Gasteiger partial charge in [-0.05, 0) is 31.0 Å².